The van der Waals surface area contributed by atoms with Gasteiger partial charge in [-0.25, -0.2) is 0 Å². The van der Waals surface area contributed by atoms with Crippen LogP contribution in [0.3, 0.4) is 0 Å². The number of imide groups is 1. The quantitative estimate of drug-likeness (QED) is 0.535. The van der Waals surface area contributed by atoms with E-state index in [1.165, 1.54) is 4.90 Å². The molecule has 0 radical (unpaired) electrons. The third-order valence-electron chi connectivity index (χ3n) is 5.25. The van der Waals surface area contributed by atoms with Crippen molar-refractivity contribution < 1.29 is 14.3 Å². The van der Waals surface area contributed by atoms with Gasteiger partial charge in [0.25, 0.3) is 0 Å². The summed E-state index contributed by atoms with van der Waals surface area (Å²) in [5.74, 6) is -0.0656. The molecule has 2 saturated heterocycles. The fourth-order valence-corrected chi connectivity index (χ4v) is 4.16. The zero-order valence-corrected chi connectivity index (χ0v) is 10.7. The van der Waals surface area contributed by atoms with E-state index in [0.717, 1.165) is 6.42 Å². The van der Waals surface area contributed by atoms with Crippen molar-refractivity contribution in [1.29, 1.82) is 0 Å². The lowest BCUT2D eigenvalue weighted by molar-refractivity contribution is -0.154. The summed E-state index contributed by atoms with van der Waals surface area (Å²) in [5.41, 5.74) is 6.16. The Balaban J connectivity index is 1.62. The maximum atomic E-state index is 12.5. The Hall–Kier alpha value is -1.20. The topological polar surface area (TPSA) is 72.6 Å². The van der Waals surface area contributed by atoms with Gasteiger partial charge in [-0.05, 0) is 19.3 Å². The highest BCUT2D eigenvalue weighted by Crippen LogP contribution is 2.45. The van der Waals surface area contributed by atoms with Gasteiger partial charge in [0.05, 0.1) is 24.0 Å². The molecule has 4 rings (SSSR count). The average molecular weight is 262 g/mol. The van der Waals surface area contributed by atoms with Gasteiger partial charge in [-0.1, -0.05) is 12.2 Å². The number of hydrogen-bond acceptors (Lipinski definition) is 4. The van der Waals surface area contributed by atoms with Gasteiger partial charge < -0.3 is 10.5 Å². The predicted molar refractivity (Wildman–Crippen MR) is 66.8 cm³/mol. The first kappa shape index (κ1) is 11.6. The monoisotopic (exact) mass is 262 g/mol. The molecule has 4 unspecified atom stereocenters. The van der Waals surface area contributed by atoms with Crippen LogP contribution < -0.4 is 5.73 Å². The Morgan fingerprint density at radius 1 is 1.16 bits per heavy atom. The summed E-state index contributed by atoms with van der Waals surface area (Å²) < 4.78 is 5.66. The van der Waals surface area contributed by atoms with Crippen LogP contribution in [-0.2, 0) is 14.3 Å². The van der Waals surface area contributed by atoms with Crippen LogP contribution in [0.25, 0.3) is 0 Å². The third-order valence-corrected chi connectivity index (χ3v) is 5.25. The van der Waals surface area contributed by atoms with E-state index in [0.29, 0.717) is 25.4 Å². The van der Waals surface area contributed by atoms with Crippen molar-refractivity contribution >= 4 is 11.8 Å². The van der Waals surface area contributed by atoms with Crippen molar-refractivity contribution in [3.05, 3.63) is 12.2 Å². The molecule has 3 fully saturated rings. The first-order valence-electron chi connectivity index (χ1n) is 7.09. The van der Waals surface area contributed by atoms with Crippen LogP contribution in [0.2, 0.25) is 0 Å². The van der Waals surface area contributed by atoms with Gasteiger partial charge in [-0.2, -0.15) is 0 Å². The molecule has 0 aromatic rings. The second-order valence-electron chi connectivity index (χ2n) is 6.06. The second-order valence-corrected chi connectivity index (χ2v) is 6.06. The first-order valence-corrected chi connectivity index (χ1v) is 7.09. The van der Waals surface area contributed by atoms with E-state index in [-0.39, 0.29) is 41.8 Å². The van der Waals surface area contributed by atoms with Crippen LogP contribution in [-0.4, -0.2) is 41.5 Å². The molecule has 19 heavy (non-hydrogen) atoms. The van der Waals surface area contributed by atoms with Crippen LogP contribution in [0.15, 0.2) is 12.2 Å². The smallest absolute Gasteiger partial charge is 0.233 e. The molecule has 6 atom stereocenters. The third kappa shape index (κ3) is 1.37. The van der Waals surface area contributed by atoms with E-state index in [1.54, 1.807) is 0 Å². The van der Waals surface area contributed by atoms with E-state index in [9.17, 15) is 9.59 Å². The Labute approximate surface area is 111 Å². The van der Waals surface area contributed by atoms with Gasteiger partial charge in [0.15, 0.2) is 0 Å². The summed E-state index contributed by atoms with van der Waals surface area (Å²) >= 11 is 0. The molecule has 5 nitrogen and oxygen atoms in total. The second kappa shape index (κ2) is 3.90. The number of nitrogens with two attached hydrogens (primary N) is 1. The summed E-state index contributed by atoms with van der Waals surface area (Å²) in [5, 5.41) is 0. The lowest BCUT2D eigenvalue weighted by atomic mass is 9.71. The van der Waals surface area contributed by atoms with E-state index < -0.39 is 0 Å². The molecule has 0 aromatic carbocycles. The van der Waals surface area contributed by atoms with Crippen LogP contribution in [0.4, 0.5) is 0 Å². The Bertz CT molecular complexity index is 449. The van der Waals surface area contributed by atoms with E-state index in [4.69, 9.17) is 10.5 Å². The van der Waals surface area contributed by atoms with Crippen molar-refractivity contribution in [1.82, 2.24) is 4.90 Å². The lowest BCUT2D eigenvalue weighted by Crippen LogP contribution is -2.70. The summed E-state index contributed by atoms with van der Waals surface area (Å²) in [4.78, 5) is 26.4. The molecule has 1 saturated carbocycles. The molecule has 0 bridgehead atoms. The molecule has 0 spiro atoms. The number of amides is 2. The molecule has 102 valence electrons. The van der Waals surface area contributed by atoms with Gasteiger partial charge >= 0.3 is 0 Å². The summed E-state index contributed by atoms with van der Waals surface area (Å²) in [7, 11) is 0. The van der Waals surface area contributed by atoms with Crippen molar-refractivity contribution in [2.45, 2.75) is 37.5 Å². The number of nitrogens with zero attached hydrogens (tertiary/aromatic N) is 1. The molecule has 2 aliphatic carbocycles. The molecular formula is C14H18N2O3. The number of ether oxygens (including phenoxy) is 1. The lowest BCUT2D eigenvalue weighted by Gasteiger charge is -2.48. The number of carbonyl (C=O) groups excluding carboxylic acids is 2. The molecular weight excluding hydrogens is 244 g/mol. The van der Waals surface area contributed by atoms with Crippen LogP contribution >= 0.6 is 0 Å². The standard InChI is InChI=1S/C14H18N2O3/c15-10-9-5-6-19-12(9)11(10)16-13(17)7-3-1-2-4-8(7)14(16)18/h1-2,7-12H,3-6,15H2/t7-,8+,9?,10?,11?,12?. The zero-order chi connectivity index (χ0) is 13.1. The Morgan fingerprint density at radius 3 is 2.42 bits per heavy atom. The summed E-state index contributed by atoms with van der Waals surface area (Å²) in [6.07, 6.45) is 6.31. The number of hydrogen-bond donors (Lipinski definition) is 1. The number of allylic oxidation sites excluding steroid dienone is 2. The van der Waals surface area contributed by atoms with Gasteiger partial charge in [-0.15, -0.1) is 0 Å². The van der Waals surface area contributed by atoms with Crippen LogP contribution in [0, 0.1) is 17.8 Å². The minimum absolute atomic E-state index is 0.0176. The van der Waals surface area contributed by atoms with Gasteiger partial charge in [-0.3, -0.25) is 14.5 Å². The van der Waals surface area contributed by atoms with E-state index in [2.05, 4.69) is 0 Å². The minimum atomic E-state index is -0.224. The summed E-state index contributed by atoms with van der Waals surface area (Å²) in [6.45, 7) is 0.699. The largest absolute Gasteiger partial charge is 0.376 e. The van der Waals surface area contributed by atoms with Crippen molar-refractivity contribution in [3.8, 4) is 0 Å². The number of carbonyl (C=O) groups is 2. The fourth-order valence-electron chi connectivity index (χ4n) is 4.16. The minimum Gasteiger partial charge on any atom is -0.376 e. The SMILES string of the molecule is NC1C2CCOC2C1N1C(=O)[C@H]2CC=CC[C@H]2C1=O. The normalized spacial score (nSPS) is 48.2. The average Bonchev–Trinajstić information content (AvgIpc) is 2.96. The molecule has 2 heterocycles. The zero-order valence-electron chi connectivity index (χ0n) is 10.7. The Morgan fingerprint density at radius 2 is 1.79 bits per heavy atom. The van der Waals surface area contributed by atoms with Crippen LogP contribution in [0.5, 0.6) is 0 Å². The predicted octanol–water partition coefficient (Wildman–Crippen LogP) is 0.0522. The molecule has 4 aliphatic rings. The molecule has 2 amide bonds. The van der Waals surface area contributed by atoms with E-state index >= 15 is 0 Å². The number of likely N-dealkylation sites (tertiary alicyclic amines) is 1. The number of rotatable bonds is 1. The number of fused-ring (bicyclic) bond motifs is 2. The highest BCUT2D eigenvalue weighted by molar-refractivity contribution is 6.06. The van der Waals surface area contributed by atoms with Crippen LogP contribution in [0.1, 0.15) is 19.3 Å². The highest BCUT2D eigenvalue weighted by atomic mass is 16.5. The summed E-state index contributed by atoms with van der Waals surface area (Å²) in [6, 6.07) is -0.327. The van der Waals surface area contributed by atoms with Gasteiger partial charge in [0.2, 0.25) is 11.8 Å². The molecule has 5 heteroatoms. The van der Waals surface area contributed by atoms with Crippen molar-refractivity contribution in [2.24, 2.45) is 23.5 Å². The Kier molecular flexibility index (Phi) is 2.38. The van der Waals surface area contributed by atoms with Crippen molar-refractivity contribution in [3.63, 3.8) is 0 Å². The first-order chi connectivity index (χ1) is 9.20. The highest BCUT2D eigenvalue weighted by Gasteiger charge is 2.61. The van der Waals surface area contributed by atoms with Crippen molar-refractivity contribution in [2.75, 3.05) is 6.61 Å². The molecule has 0 aromatic heterocycles. The maximum absolute atomic E-state index is 12.5. The van der Waals surface area contributed by atoms with E-state index in [1.807, 2.05) is 12.2 Å². The molecule has 2 N–H and O–H groups in total. The fraction of sp³-hybridized carbons (Fsp3) is 0.714. The molecule has 2 aliphatic heterocycles. The maximum Gasteiger partial charge on any atom is 0.233 e. The van der Waals surface area contributed by atoms with Gasteiger partial charge in [0, 0.05) is 18.6 Å². The van der Waals surface area contributed by atoms with Gasteiger partial charge in [0.1, 0.15) is 0 Å².